The van der Waals surface area contributed by atoms with E-state index in [9.17, 15) is 14.4 Å². The van der Waals surface area contributed by atoms with Crippen LogP contribution in [0.4, 0.5) is 5.69 Å². The van der Waals surface area contributed by atoms with Crippen LogP contribution in [0.2, 0.25) is 0 Å². The lowest BCUT2D eigenvalue weighted by Crippen LogP contribution is -2.40. The number of thiazole rings is 1. The third kappa shape index (κ3) is 4.19. The number of hydrogen-bond donors (Lipinski definition) is 1. The van der Waals surface area contributed by atoms with E-state index in [1.807, 2.05) is 50.4 Å². The third-order valence-electron chi connectivity index (χ3n) is 4.74. The van der Waals surface area contributed by atoms with E-state index >= 15 is 0 Å². The predicted molar refractivity (Wildman–Crippen MR) is 126 cm³/mol. The molecule has 0 fully saturated rings. The topological polar surface area (TPSA) is 86.0 Å². The highest BCUT2D eigenvalue weighted by Crippen LogP contribution is 2.25. The van der Waals surface area contributed by atoms with Crippen LogP contribution in [0, 0.1) is 13.8 Å². The number of amides is 1. The van der Waals surface area contributed by atoms with E-state index < -0.39 is 11.2 Å². The van der Waals surface area contributed by atoms with Gasteiger partial charge in [0.2, 0.25) is 5.91 Å². The molecule has 0 unspecified atom stereocenters. The average molecular weight is 453 g/mol. The zero-order valence-electron chi connectivity index (χ0n) is 17.2. The van der Waals surface area contributed by atoms with E-state index in [4.69, 9.17) is 0 Å². The molecule has 1 N–H and O–H groups in total. The Balaban J connectivity index is 1.84. The molecule has 0 saturated heterocycles. The van der Waals surface area contributed by atoms with Crippen LogP contribution in [0.1, 0.15) is 11.1 Å². The molecule has 31 heavy (non-hydrogen) atoms. The molecule has 0 bridgehead atoms. The number of aromatic nitrogens is 3. The van der Waals surface area contributed by atoms with Crippen molar-refractivity contribution in [3.05, 3.63) is 80.5 Å². The third-order valence-corrected chi connectivity index (χ3v) is 6.75. The lowest BCUT2D eigenvalue weighted by atomic mass is 10.2. The van der Waals surface area contributed by atoms with Gasteiger partial charge in [0.05, 0.1) is 5.69 Å². The van der Waals surface area contributed by atoms with Crippen LogP contribution in [0.15, 0.2) is 62.5 Å². The minimum atomic E-state index is -0.598. The van der Waals surface area contributed by atoms with Crippen molar-refractivity contribution in [2.45, 2.75) is 24.7 Å². The molecule has 9 heteroatoms. The van der Waals surface area contributed by atoms with Crippen LogP contribution in [-0.4, -0.2) is 26.3 Å². The van der Waals surface area contributed by atoms with Gasteiger partial charge in [0.15, 0.2) is 9.99 Å². The number of carbonyl (C=O) groups is 1. The second-order valence-corrected chi connectivity index (χ2v) is 9.15. The molecule has 0 atom stereocenters. The fourth-order valence-electron chi connectivity index (χ4n) is 3.23. The molecule has 2 aromatic heterocycles. The van der Waals surface area contributed by atoms with Gasteiger partial charge in [-0.3, -0.25) is 14.2 Å². The predicted octanol–water partition coefficient (Wildman–Crippen LogP) is 3.59. The first-order chi connectivity index (χ1) is 14.9. The Kier molecular flexibility index (Phi) is 5.79. The standard InChI is InChI=1S/C22H20N4O3S2/c1-13-7-9-16(10-8-13)26-20(28)18-19(24-21(30-3)31-18)25(22(26)29)12-17(27)23-15-6-4-5-14(2)11-15/h4-11H,12H2,1-3H3,(H,23,27). The second-order valence-electron chi connectivity index (χ2n) is 7.10. The van der Waals surface area contributed by atoms with Gasteiger partial charge < -0.3 is 5.32 Å². The summed E-state index contributed by atoms with van der Waals surface area (Å²) >= 11 is 2.61. The summed E-state index contributed by atoms with van der Waals surface area (Å²) in [7, 11) is 0. The highest BCUT2D eigenvalue weighted by Gasteiger charge is 2.20. The Hall–Kier alpha value is -3.17. The molecule has 0 aliphatic heterocycles. The van der Waals surface area contributed by atoms with Crippen LogP contribution in [0.25, 0.3) is 16.0 Å². The van der Waals surface area contributed by atoms with Crippen molar-refractivity contribution in [1.29, 1.82) is 0 Å². The Labute approximate surface area is 186 Å². The van der Waals surface area contributed by atoms with Gasteiger partial charge in [-0.05, 0) is 49.9 Å². The molecule has 2 heterocycles. The summed E-state index contributed by atoms with van der Waals surface area (Å²) in [6, 6.07) is 14.5. The first-order valence-corrected chi connectivity index (χ1v) is 11.6. The molecule has 4 rings (SSSR count). The fraction of sp³-hybridized carbons (Fsp3) is 0.182. The van der Waals surface area contributed by atoms with Gasteiger partial charge in [0.25, 0.3) is 5.56 Å². The molecule has 158 valence electrons. The van der Waals surface area contributed by atoms with Gasteiger partial charge in [-0.2, -0.15) is 0 Å². The minimum Gasteiger partial charge on any atom is -0.325 e. The number of carbonyl (C=O) groups excluding carboxylic acids is 1. The molecular formula is C22H20N4O3S2. The number of benzene rings is 2. The van der Waals surface area contributed by atoms with E-state index in [-0.39, 0.29) is 18.1 Å². The number of rotatable bonds is 5. The normalized spacial score (nSPS) is 11.1. The van der Waals surface area contributed by atoms with E-state index in [0.717, 1.165) is 15.7 Å². The molecular weight excluding hydrogens is 432 g/mol. The second kappa shape index (κ2) is 8.52. The number of nitrogens with one attached hydrogen (secondary N) is 1. The largest absolute Gasteiger partial charge is 0.337 e. The van der Waals surface area contributed by atoms with E-state index in [0.29, 0.717) is 20.4 Å². The van der Waals surface area contributed by atoms with Crippen LogP contribution in [-0.2, 0) is 11.3 Å². The Morgan fingerprint density at radius 2 is 1.84 bits per heavy atom. The molecule has 2 aromatic carbocycles. The van der Waals surface area contributed by atoms with Crippen molar-refractivity contribution in [2.24, 2.45) is 0 Å². The summed E-state index contributed by atoms with van der Waals surface area (Å²) in [6.45, 7) is 3.60. The van der Waals surface area contributed by atoms with Gasteiger partial charge in [-0.15, -0.1) is 11.3 Å². The molecule has 1 amide bonds. The summed E-state index contributed by atoms with van der Waals surface area (Å²) in [6.07, 6.45) is 1.85. The van der Waals surface area contributed by atoms with Crippen LogP contribution < -0.4 is 16.6 Å². The number of nitrogens with zero attached hydrogens (tertiary/aromatic N) is 3. The maximum Gasteiger partial charge on any atom is 0.337 e. The quantitative estimate of drug-likeness (QED) is 0.468. The number of aryl methyl sites for hydroxylation is 2. The molecule has 0 saturated carbocycles. The van der Waals surface area contributed by atoms with Crippen molar-refractivity contribution >= 4 is 45.0 Å². The number of thioether (sulfide) groups is 1. The monoisotopic (exact) mass is 452 g/mol. The van der Waals surface area contributed by atoms with Gasteiger partial charge in [0.1, 0.15) is 11.2 Å². The van der Waals surface area contributed by atoms with Crippen LogP contribution in [0.3, 0.4) is 0 Å². The highest BCUT2D eigenvalue weighted by molar-refractivity contribution is 8.00. The maximum absolute atomic E-state index is 13.3. The van der Waals surface area contributed by atoms with Gasteiger partial charge in [-0.25, -0.2) is 14.3 Å². The number of anilines is 1. The first-order valence-electron chi connectivity index (χ1n) is 9.51. The van der Waals surface area contributed by atoms with Gasteiger partial charge in [0, 0.05) is 5.69 Å². The lowest BCUT2D eigenvalue weighted by molar-refractivity contribution is -0.116. The molecule has 4 aromatic rings. The summed E-state index contributed by atoms with van der Waals surface area (Å²) in [5, 5.41) is 2.81. The maximum atomic E-state index is 13.3. The van der Waals surface area contributed by atoms with E-state index in [1.54, 1.807) is 18.2 Å². The van der Waals surface area contributed by atoms with Crippen molar-refractivity contribution in [1.82, 2.24) is 14.1 Å². The van der Waals surface area contributed by atoms with Crippen molar-refractivity contribution < 1.29 is 4.79 Å². The summed E-state index contributed by atoms with van der Waals surface area (Å²) in [4.78, 5) is 43.7. The van der Waals surface area contributed by atoms with Crippen LogP contribution >= 0.6 is 23.1 Å². The minimum absolute atomic E-state index is 0.229. The zero-order valence-corrected chi connectivity index (χ0v) is 18.8. The lowest BCUT2D eigenvalue weighted by Gasteiger charge is -2.12. The fourth-order valence-corrected chi connectivity index (χ4v) is 4.73. The SMILES string of the molecule is CSc1nc2c(s1)c(=O)n(-c1ccc(C)cc1)c(=O)n2CC(=O)Nc1cccc(C)c1. The Morgan fingerprint density at radius 1 is 1.10 bits per heavy atom. The van der Waals surface area contributed by atoms with Crippen molar-refractivity contribution in [3.63, 3.8) is 0 Å². The highest BCUT2D eigenvalue weighted by atomic mass is 32.2. The molecule has 7 nitrogen and oxygen atoms in total. The van der Waals surface area contributed by atoms with Crippen LogP contribution in [0.5, 0.6) is 0 Å². The average Bonchev–Trinajstić information content (AvgIpc) is 3.17. The van der Waals surface area contributed by atoms with Crippen molar-refractivity contribution in [2.75, 3.05) is 11.6 Å². The molecule has 0 aliphatic carbocycles. The number of fused-ring (bicyclic) bond motifs is 1. The molecule has 0 radical (unpaired) electrons. The van der Waals surface area contributed by atoms with Gasteiger partial charge >= 0.3 is 5.69 Å². The number of hydrogen-bond acceptors (Lipinski definition) is 6. The van der Waals surface area contributed by atoms with E-state index in [2.05, 4.69) is 10.3 Å². The Bertz CT molecular complexity index is 1400. The summed E-state index contributed by atoms with van der Waals surface area (Å²) < 4.78 is 3.36. The molecule has 0 spiro atoms. The zero-order chi connectivity index (χ0) is 22.1. The Morgan fingerprint density at radius 3 is 2.52 bits per heavy atom. The van der Waals surface area contributed by atoms with Gasteiger partial charge in [-0.1, -0.05) is 41.6 Å². The van der Waals surface area contributed by atoms with Crippen molar-refractivity contribution in [3.8, 4) is 5.69 Å². The summed E-state index contributed by atoms with van der Waals surface area (Å²) in [5.41, 5.74) is 2.31. The van der Waals surface area contributed by atoms with E-state index in [1.165, 1.54) is 27.7 Å². The summed E-state index contributed by atoms with van der Waals surface area (Å²) in [5.74, 6) is -0.373. The molecule has 0 aliphatic rings. The first kappa shape index (κ1) is 21.1. The smallest absolute Gasteiger partial charge is 0.325 e.